The van der Waals surface area contributed by atoms with Crippen molar-refractivity contribution in [1.29, 1.82) is 0 Å². The molecule has 1 aromatic carbocycles. The molecule has 0 radical (unpaired) electrons. The molecule has 3 heterocycles. The van der Waals surface area contributed by atoms with Crippen molar-refractivity contribution in [3.8, 4) is 17.1 Å². The third-order valence-corrected chi connectivity index (χ3v) is 6.69. The lowest BCUT2D eigenvalue weighted by molar-refractivity contribution is 0.388. The lowest BCUT2D eigenvalue weighted by Gasteiger charge is -2.24. The molecule has 1 atom stereocenters. The second-order valence-corrected chi connectivity index (χ2v) is 8.37. The van der Waals surface area contributed by atoms with Gasteiger partial charge in [0.15, 0.2) is 5.76 Å². The van der Waals surface area contributed by atoms with Gasteiger partial charge in [0.05, 0.1) is 41.2 Å². The van der Waals surface area contributed by atoms with E-state index in [-0.39, 0.29) is 10.9 Å². The summed E-state index contributed by atoms with van der Waals surface area (Å²) in [7, 11) is -2.10. The SMILES string of the molecule is COc1ccc(S(=O)(=O)N2CCC[C@H]2c2[nH]ncc2-c2cc(C)no2)cc1. The Labute approximate surface area is 157 Å². The number of benzene rings is 1. The fourth-order valence-corrected chi connectivity index (χ4v) is 5.10. The van der Waals surface area contributed by atoms with Gasteiger partial charge in [-0.3, -0.25) is 5.10 Å². The van der Waals surface area contributed by atoms with E-state index in [0.29, 0.717) is 24.5 Å². The van der Waals surface area contributed by atoms with E-state index >= 15 is 0 Å². The quantitative estimate of drug-likeness (QED) is 0.721. The molecule has 0 aliphatic carbocycles. The number of hydrogen-bond acceptors (Lipinski definition) is 6. The van der Waals surface area contributed by atoms with Crippen LogP contribution in [-0.4, -0.2) is 41.7 Å². The average Bonchev–Trinajstić information content (AvgIpc) is 3.40. The lowest BCUT2D eigenvalue weighted by Crippen LogP contribution is -2.31. The Kier molecular flexibility index (Phi) is 4.48. The van der Waals surface area contributed by atoms with Gasteiger partial charge in [-0.15, -0.1) is 0 Å². The first-order valence-electron chi connectivity index (χ1n) is 8.63. The Morgan fingerprint density at radius 3 is 2.74 bits per heavy atom. The maximum atomic E-state index is 13.2. The van der Waals surface area contributed by atoms with Crippen LogP contribution < -0.4 is 4.74 Å². The summed E-state index contributed by atoms with van der Waals surface area (Å²) in [5.74, 6) is 1.19. The van der Waals surface area contributed by atoms with Gasteiger partial charge in [0, 0.05) is 12.6 Å². The van der Waals surface area contributed by atoms with E-state index in [9.17, 15) is 8.42 Å². The standard InChI is InChI=1S/C18H20N4O4S/c1-12-10-17(26-21-12)15-11-19-20-18(15)16-4-3-9-22(16)27(23,24)14-7-5-13(25-2)6-8-14/h5-8,10-11,16H,3-4,9H2,1-2H3,(H,19,20)/t16-/m0/s1. The van der Waals surface area contributed by atoms with E-state index in [2.05, 4.69) is 15.4 Å². The van der Waals surface area contributed by atoms with Crippen molar-refractivity contribution in [1.82, 2.24) is 19.7 Å². The number of rotatable bonds is 5. The van der Waals surface area contributed by atoms with E-state index in [1.807, 2.05) is 13.0 Å². The predicted molar refractivity (Wildman–Crippen MR) is 97.7 cm³/mol. The number of hydrogen-bond donors (Lipinski definition) is 1. The molecular formula is C18H20N4O4S. The monoisotopic (exact) mass is 388 g/mol. The van der Waals surface area contributed by atoms with Crippen LogP contribution in [0.3, 0.4) is 0 Å². The van der Waals surface area contributed by atoms with Gasteiger partial charge in [-0.2, -0.15) is 9.40 Å². The Morgan fingerprint density at radius 1 is 1.30 bits per heavy atom. The molecule has 3 aromatic rings. The minimum Gasteiger partial charge on any atom is -0.497 e. The summed E-state index contributed by atoms with van der Waals surface area (Å²) >= 11 is 0. The minimum atomic E-state index is -3.65. The smallest absolute Gasteiger partial charge is 0.243 e. The highest BCUT2D eigenvalue weighted by Crippen LogP contribution is 2.39. The highest BCUT2D eigenvalue weighted by atomic mass is 32.2. The molecule has 1 aliphatic rings. The predicted octanol–water partition coefficient (Wildman–Crippen LogP) is 2.91. The molecule has 1 saturated heterocycles. The van der Waals surface area contributed by atoms with Crippen molar-refractivity contribution < 1.29 is 17.7 Å². The van der Waals surface area contributed by atoms with Crippen molar-refractivity contribution >= 4 is 10.0 Å². The third kappa shape index (κ3) is 3.13. The molecule has 4 rings (SSSR count). The number of nitrogens with zero attached hydrogens (tertiary/aromatic N) is 3. The second kappa shape index (κ2) is 6.82. The zero-order chi connectivity index (χ0) is 19.0. The first-order chi connectivity index (χ1) is 13.0. The Bertz CT molecular complexity index is 1040. The van der Waals surface area contributed by atoms with E-state index in [1.54, 1.807) is 37.6 Å². The normalized spacial score (nSPS) is 18.1. The van der Waals surface area contributed by atoms with Crippen molar-refractivity contribution in [3.63, 3.8) is 0 Å². The van der Waals surface area contributed by atoms with Crippen LogP contribution in [-0.2, 0) is 10.0 Å². The van der Waals surface area contributed by atoms with E-state index < -0.39 is 10.0 Å². The van der Waals surface area contributed by atoms with Gasteiger partial charge in [0.2, 0.25) is 10.0 Å². The van der Waals surface area contributed by atoms with Gasteiger partial charge in [0.1, 0.15) is 5.75 Å². The topological polar surface area (TPSA) is 101 Å². The molecule has 0 saturated carbocycles. The van der Waals surface area contributed by atoms with Gasteiger partial charge in [0.25, 0.3) is 0 Å². The zero-order valence-electron chi connectivity index (χ0n) is 15.0. The van der Waals surface area contributed by atoms with E-state index in [4.69, 9.17) is 9.26 Å². The van der Waals surface area contributed by atoms with Crippen molar-refractivity contribution in [2.24, 2.45) is 0 Å². The summed E-state index contributed by atoms with van der Waals surface area (Å²) in [6, 6.07) is 7.91. The van der Waals surface area contributed by atoms with Crippen LogP contribution in [0, 0.1) is 6.92 Å². The number of sulfonamides is 1. The molecule has 1 aliphatic heterocycles. The zero-order valence-corrected chi connectivity index (χ0v) is 15.9. The van der Waals surface area contributed by atoms with Crippen LogP contribution in [0.1, 0.15) is 30.3 Å². The fraction of sp³-hybridized carbons (Fsp3) is 0.333. The number of H-pyrrole nitrogens is 1. The summed E-state index contributed by atoms with van der Waals surface area (Å²) < 4.78 is 38.4. The van der Waals surface area contributed by atoms with Crippen LogP contribution in [0.2, 0.25) is 0 Å². The van der Waals surface area contributed by atoms with Crippen molar-refractivity contribution in [2.75, 3.05) is 13.7 Å². The van der Waals surface area contributed by atoms with Gasteiger partial charge in [-0.05, 0) is 44.0 Å². The highest BCUT2D eigenvalue weighted by Gasteiger charge is 2.38. The molecule has 9 heteroatoms. The molecule has 8 nitrogen and oxygen atoms in total. The third-order valence-electron chi connectivity index (χ3n) is 4.77. The van der Waals surface area contributed by atoms with Crippen LogP contribution >= 0.6 is 0 Å². The van der Waals surface area contributed by atoms with E-state index in [0.717, 1.165) is 23.4 Å². The fourth-order valence-electron chi connectivity index (χ4n) is 3.44. The van der Waals surface area contributed by atoms with Crippen molar-refractivity contribution in [3.05, 3.63) is 47.9 Å². The molecule has 0 bridgehead atoms. The first-order valence-corrected chi connectivity index (χ1v) is 10.1. The molecule has 1 N–H and O–H groups in total. The molecule has 0 spiro atoms. The molecular weight excluding hydrogens is 368 g/mol. The first kappa shape index (κ1) is 17.7. The number of methoxy groups -OCH3 is 1. The Hall–Kier alpha value is -2.65. The van der Waals surface area contributed by atoms with E-state index in [1.165, 1.54) is 4.31 Å². The van der Waals surface area contributed by atoms with Crippen molar-refractivity contribution in [2.45, 2.75) is 30.7 Å². The second-order valence-electron chi connectivity index (χ2n) is 6.48. The largest absolute Gasteiger partial charge is 0.497 e. The summed E-state index contributed by atoms with van der Waals surface area (Å²) in [5.41, 5.74) is 2.21. The van der Waals surface area contributed by atoms with Crippen LogP contribution in [0.5, 0.6) is 5.75 Å². The number of aromatic amines is 1. The molecule has 27 heavy (non-hydrogen) atoms. The summed E-state index contributed by atoms with van der Waals surface area (Å²) in [6.07, 6.45) is 3.12. The number of nitrogens with one attached hydrogen (secondary N) is 1. The molecule has 2 aromatic heterocycles. The maximum absolute atomic E-state index is 13.2. The van der Waals surface area contributed by atoms with Gasteiger partial charge < -0.3 is 9.26 Å². The summed E-state index contributed by atoms with van der Waals surface area (Å²) in [6.45, 7) is 2.29. The molecule has 0 unspecified atom stereocenters. The minimum absolute atomic E-state index is 0.242. The molecule has 0 amide bonds. The maximum Gasteiger partial charge on any atom is 0.243 e. The number of ether oxygens (including phenoxy) is 1. The Morgan fingerprint density at radius 2 is 2.07 bits per heavy atom. The average molecular weight is 388 g/mol. The summed E-state index contributed by atoms with van der Waals surface area (Å²) in [4.78, 5) is 0.242. The van der Waals surface area contributed by atoms with Crippen LogP contribution in [0.4, 0.5) is 0 Å². The highest BCUT2D eigenvalue weighted by molar-refractivity contribution is 7.89. The number of aryl methyl sites for hydroxylation is 1. The summed E-state index contributed by atoms with van der Waals surface area (Å²) in [5, 5.41) is 11.0. The van der Waals surface area contributed by atoms with Gasteiger partial charge in [-0.1, -0.05) is 5.16 Å². The molecule has 1 fully saturated rings. The Balaban J connectivity index is 1.70. The van der Waals surface area contributed by atoms with Crippen LogP contribution in [0.15, 0.2) is 45.9 Å². The van der Waals surface area contributed by atoms with Gasteiger partial charge in [-0.25, -0.2) is 8.42 Å². The lowest BCUT2D eigenvalue weighted by atomic mass is 10.1. The number of aromatic nitrogens is 3. The molecule has 142 valence electrons. The van der Waals surface area contributed by atoms with Gasteiger partial charge >= 0.3 is 0 Å². The van der Waals surface area contributed by atoms with Crippen LogP contribution in [0.25, 0.3) is 11.3 Å².